The van der Waals surface area contributed by atoms with Gasteiger partial charge in [0.15, 0.2) is 5.65 Å². The standard InChI is InChI=1S/C30H31ClN8O2/c1-37-7-8-39(30(37)41)25-11-21(18-5-6-18)15-38-16-23(35-29(25)38)14-32-26-13-27(34-17-33-26)36-28(40)12-20-10-24(20)19-3-2-4-22(31)9-19/h2-4,9,11,13,15-18,20,24H,5-8,10,12,14H2,1H3,(H2,32,33,34,36,40)/t20-,24-/m1/s1. The number of nitrogens with zero attached hydrogens (tertiary/aromatic N) is 6. The number of pyridine rings is 1. The highest BCUT2D eigenvalue weighted by Crippen LogP contribution is 2.50. The number of rotatable bonds is 9. The fourth-order valence-electron chi connectivity index (χ4n) is 5.70. The van der Waals surface area contributed by atoms with Gasteiger partial charge in [-0.2, -0.15) is 0 Å². The third kappa shape index (κ3) is 5.44. The zero-order valence-corrected chi connectivity index (χ0v) is 23.5. The minimum atomic E-state index is -0.0642. The fraction of sp³-hybridized carbons (Fsp3) is 0.367. The van der Waals surface area contributed by atoms with Gasteiger partial charge in [0.05, 0.1) is 17.9 Å². The molecule has 3 amide bonds. The largest absolute Gasteiger partial charge is 0.364 e. The number of likely N-dealkylation sites (N-methyl/N-ethyl adjacent to an activating group) is 1. The zero-order chi connectivity index (χ0) is 28.1. The predicted octanol–water partition coefficient (Wildman–Crippen LogP) is 5.27. The number of carbonyl (C=O) groups excluding carboxylic acids is 2. The molecule has 0 spiro atoms. The molecule has 0 radical (unpaired) electrons. The average molecular weight is 571 g/mol. The number of aromatic nitrogens is 4. The predicted molar refractivity (Wildman–Crippen MR) is 157 cm³/mol. The molecule has 4 aromatic rings. The quantitative estimate of drug-likeness (QED) is 0.284. The smallest absolute Gasteiger partial charge is 0.324 e. The van der Waals surface area contributed by atoms with E-state index < -0.39 is 0 Å². The van der Waals surface area contributed by atoms with Crippen LogP contribution in [-0.4, -0.2) is 56.3 Å². The molecule has 3 fully saturated rings. The van der Waals surface area contributed by atoms with Crippen molar-refractivity contribution in [2.75, 3.05) is 35.7 Å². The number of carbonyl (C=O) groups is 2. The summed E-state index contributed by atoms with van der Waals surface area (Å²) in [6, 6.07) is 11.7. The number of urea groups is 1. The minimum absolute atomic E-state index is 0.000228. The molecule has 1 aromatic carbocycles. The molecule has 210 valence electrons. The molecule has 1 saturated heterocycles. The minimum Gasteiger partial charge on any atom is -0.364 e. The van der Waals surface area contributed by atoms with Gasteiger partial charge in [0.2, 0.25) is 5.91 Å². The lowest BCUT2D eigenvalue weighted by atomic mass is 10.1. The van der Waals surface area contributed by atoms with Gasteiger partial charge < -0.3 is 19.9 Å². The summed E-state index contributed by atoms with van der Waals surface area (Å²) in [5.41, 5.74) is 4.88. The molecule has 0 unspecified atom stereocenters. The van der Waals surface area contributed by atoms with Crippen LogP contribution in [0.5, 0.6) is 0 Å². The average Bonchev–Trinajstić information content (AvgIpc) is 3.87. The summed E-state index contributed by atoms with van der Waals surface area (Å²) in [5.74, 6) is 2.21. The molecule has 7 rings (SSSR count). The van der Waals surface area contributed by atoms with Crippen molar-refractivity contribution in [2.24, 2.45) is 5.92 Å². The fourth-order valence-corrected chi connectivity index (χ4v) is 5.90. The van der Waals surface area contributed by atoms with Gasteiger partial charge in [0.1, 0.15) is 18.0 Å². The maximum atomic E-state index is 12.8. The number of imidazole rings is 1. The molecule has 11 heteroatoms. The van der Waals surface area contributed by atoms with Crippen molar-refractivity contribution in [1.29, 1.82) is 0 Å². The van der Waals surface area contributed by atoms with Gasteiger partial charge in [0, 0.05) is 50.0 Å². The van der Waals surface area contributed by atoms with E-state index in [2.05, 4.69) is 38.9 Å². The van der Waals surface area contributed by atoms with Crippen LogP contribution in [0.15, 0.2) is 55.1 Å². The Bertz CT molecular complexity index is 1650. The van der Waals surface area contributed by atoms with Crippen LogP contribution in [0, 0.1) is 5.92 Å². The summed E-state index contributed by atoms with van der Waals surface area (Å²) >= 11 is 6.12. The number of hydrogen-bond acceptors (Lipinski definition) is 6. The molecule has 41 heavy (non-hydrogen) atoms. The van der Waals surface area contributed by atoms with E-state index in [1.807, 2.05) is 40.7 Å². The Balaban J connectivity index is 1.01. The number of halogens is 1. The van der Waals surface area contributed by atoms with Crippen LogP contribution in [0.1, 0.15) is 54.3 Å². The number of amides is 3. The van der Waals surface area contributed by atoms with Crippen molar-refractivity contribution in [3.63, 3.8) is 0 Å². The summed E-state index contributed by atoms with van der Waals surface area (Å²) < 4.78 is 2.03. The van der Waals surface area contributed by atoms with Crippen LogP contribution < -0.4 is 15.5 Å². The van der Waals surface area contributed by atoms with Crippen molar-refractivity contribution in [3.8, 4) is 0 Å². The first-order chi connectivity index (χ1) is 19.9. The number of hydrogen-bond donors (Lipinski definition) is 2. The van der Waals surface area contributed by atoms with E-state index in [9.17, 15) is 9.59 Å². The Hall–Kier alpha value is -4.18. The highest BCUT2D eigenvalue weighted by molar-refractivity contribution is 6.30. The maximum absolute atomic E-state index is 12.8. The van der Waals surface area contributed by atoms with Gasteiger partial charge in [-0.3, -0.25) is 9.69 Å². The Kier molecular flexibility index (Phi) is 6.50. The molecule has 3 aromatic heterocycles. The third-order valence-corrected chi connectivity index (χ3v) is 8.43. The second kappa shape index (κ2) is 10.3. The molecular weight excluding hydrogens is 540 g/mol. The van der Waals surface area contributed by atoms with Crippen LogP contribution in [0.3, 0.4) is 0 Å². The molecular formula is C30H31ClN8O2. The van der Waals surface area contributed by atoms with E-state index >= 15 is 0 Å². The molecule has 3 aliphatic rings. The Morgan fingerprint density at radius 1 is 1.07 bits per heavy atom. The number of nitrogens with one attached hydrogen (secondary N) is 2. The van der Waals surface area contributed by atoms with Gasteiger partial charge in [-0.05, 0) is 66.3 Å². The molecule has 10 nitrogen and oxygen atoms in total. The second-order valence-corrected chi connectivity index (χ2v) is 11.7. The molecule has 2 N–H and O–H groups in total. The van der Waals surface area contributed by atoms with E-state index in [4.69, 9.17) is 16.6 Å². The highest BCUT2D eigenvalue weighted by Gasteiger charge is 2.39. The van der Waals surface area contributed by atoms with Crippen LogP contribution in [0.2, 0.25) is 5.02 Å². The van der Waals surface area contributed by atoms with E-state index in [-0.39, 0.29) is 11.9 Å². The van der Waals surface area contributed by atoms with Crippen molar-refractivity contribution in [1.82, 2.24) is 24.3 Å². The maximum Gasteiger partial charge on any atom is 0.324 e. The van der Waals surface area contributed by atoms with Crippen molar-refractivity contribution in [2.45, 2.75) is 44.1 Å². The molecule has 2 aliphatic carbocycles. The van der Waals surface area contributed by atoms with Gasteiger partial charge >= 0.3 is 6.03 Å². The van der Waals surface area contributed by atoms with E-state index in [0.29, 0.717) is 55.4 Å². The summed E-state index contributed by atoms with van der Waals surface area (Å²) in [6.45, 7) is 1.78. The van der Waals surface area contributed by atoms with Crippen LogP contribution in [-0.2, 0) is 11.3 Å². The van der Waals surface area contributed by atoms with Crippen molar-refractivity contribution >= 4 is 46.5 Å². The topological polar surface area (TPSA) is 108 Å². The molecule has 2 saturated carbocycles. The zero-order valence-electron chi connectivity index (χ0n) is 22.8. The number of fused-ring (bicyclic) bond motifs is 1. The highest BCUT2D eigenvalue weighted by atomic mass is 35.5. The Labute approximate surface area is 242 Å². The first kappa shape index (κ1) is 25.8. The second-order valence-electron chi connectivity index (χ2n) is 11.3. The van der Waals surface area contributed by atoms with E-state index in [1.54, 1.807) is 11.0 Å². The summed E-state index contributed by atoms with van der Waals surface area (Å²) in [6.07, 6.45) is 9.34. The van der Waals surface area contributed by atoms with Crippen LogP contribution >= 0.6 is 11.6 Å². The summed E-state index contributed by atoms with van der Waals surface area (Å²) in [5, 5.41) is 6.93. The lowest BCUT2D eigenvalue weighted by molar-refractivity contribution is -0.116. The molecule has 4 heterocycles. The number of benzene rings is 1. The SMILES string of the molecule is CN1CCN(c2cc(C3CC3)cn3cc(CNc4cc(NC(=O)C[C@H]5C[C@@H]5c5cccc(Cl)c5)ncn4)nc23)C1=O. The number of anilines is 3. The Morgan fingerprint density at radius 3 is 2.71 bits per heavy atom. The van der Waals surface area contributed by atoms with Crippen LogP contribution in [0.4, 0.5) is 22.1 Å². The monoisotopic (exact) mass is 570 g/mol. The molecule has 2 atom stereocenters. The first-order valence-corrected chi connectivity index (χ1v) is 14.4. The van der Waals surface area contributed by atoms with E-state index in [0.717, 1.165) is 28.5 Å². The van der Waals surface area contributed by atoms with Crippen LogP contribution in [0.25, 0.3) is 5.65 Å². The lowest BCUT2D eigenvalue weighted by Gasteiger charge is -2.18. The normalized spacial score (nSPS) is 20.1. The summed E-state index contributed by atoms with van der Waals surface area (Å²) in [7, 11) is 1.83. The first-order valence-electron chi connectivity index (χ1n) is 14.1. The van der Waals surface area contributed by atoms with Crippen molar-refractivity contribution < 1.29 is 9.59 Å². The summed E-state index contributed by atoms with van der Waals surface area (Å²) in [4.78, 5) is 42.4. The Morgan fingerprint density at radius 2 is 1.93 bits per heavy atom. The van der Waals surface area contributed by atoms with Gasteiger partial charge in [-0.15, -0.1) is 0 Å². The van der Waals surface area contributed by atoms with Gasteiger partial charge in [0.25, 0.3) is 0 Å². The van der Waals surface area contributed by atoms with Gasteiger partial charge in [-0.25, -0.2) is 19.7 Å². The van der Waals surface area contributed by atoms with Gasteiger partial charge in [-0.1, -0.05) is 23.7 Å². The van der Waals surface area contributed by atoms with Crippen molar-refractivity contribution in [3.05, 3.63) is 77.0 Å². The lowest BCUT2D eigenvalue weighted by Crippen LogP contribution is -2.29. The van der Waals surface area contributed by atoms with E-state index in [1.165, 1.54) is 30.3 Å². The third-order valence-electron chi connectivity index (χ3n) is 8.19. The molecule has 1 aliphatic heterocycles. The molecule has 0 bridgehead atoms.